The number of aliphatic hydroxyl groups excluding tert-OH is 2. The maximum atomic E-state index is 14.7. The van der Waals surface area contributed by atoms with E-state index in [4.69, 9.17) is 5.73 Å². The third-order valence-electron chi connectivity index (χ3n) is 10.4. The van der Waals surface area contributed by atoms with Crippen LogP contribution in [0.15, 0.2) is 28.7 Å². The first kappa shape index (κ1) is 29.6. The van der Waals surface area contributed by atoms with Crippen molar-refractivity contribution in [3.63, 3.8) is 0 Å². The second kappa shape index (κ2) is 9.80. The lowest BCUT2D eigenvalue weighted by Crippen LogP contribution is -2.63. The Morgan fingerprint density at radius 2 is 1.84 bits per heavy atom. The zero-order valence-electron chi connectivity index (χ0n) is 23.7. The van der Waals surface area contributed by atoms with E-state index in [1.807, 2.05) is 0 Å². The number of alkyl halides is 3. The molecule has 0 spiro atoms. The minimum absolute atomic E-state index is 0.0694. The van der Waals surface area contributed by atoms with Gasteiger partial charge in [0, 0.05) is 24.1 Å². The summed E-state index contributed by atoms with van der Waals surface area (Å²) in [6.45, 7) is -0.162. The standard InChI is InChI=1S/C30H34F3N3O7/c1-36(2)23-16-8-13-7-15-20(24(38)19(13)26(40)29(16,43)27(41)21(25(23)39)28(34)42)18(37)9-14(22(15)30(31,32)33)10-35-17-6-11-3-4-12(17)5-11/h9,11-13,16-17,23,35,37,39-40,43H,3-8,10H2,1-2H3,(H2,34,42)/t11?,12?,13-,16-,17-,23-,29-/m0/s1. The van der Waals surface area contributed by atoms with Crippen LogP contribution < -0.4 is 11.1 Å². The van der Waals surface area contributed by atoms with Crippen LogP contribution in [0, 0.1) is 23.7 Å². The van der Waals surface area contributed by atoms with Crippen molar-refractivity contribution in [1.29, 1.82) is 0 Å². The van der Waals surface area contributed by atoms with Gasteiger partial charge in [0.2, 0.25) is 5.78 Å². The van der Waals surface area contributed by atoms with E-state index in [0.717, 1.165) is 31.7 Å². The van der Waals surface area contributed by atoms with Crippen LogP contribution in [0.4, 0.5) is 13.2 Å². The number of hydrogen-bond donors (Lipinski definition) is 6. The molecule has 232 valence electrons. The minimum Gasteiger partial charge on any atom is -0.510 e. The van der Waals surface area contributed by atoms with Crippen LogP contribution in [-0.4, -0.2) is 74.6 Å². The average molecular weight is 606 g/mol. The highest BCUT2D eigenvalue weighted by Crippen LogP contribution is 2.54. The average Bonchev–Trinajstić information content (AvgIpc) is 3.52. The zero-order chi connectivity index (χ0) is 31.3. The predicted molar refractivity (Wildman–Crippen MR) is 145 cm³/mol. The van der Waals surface area contributed by atoms with Crippen LogP contribution in [0.5, 0.6) is 5.75 Å². The van der Waals surface area contributed by atoms with Gasteiger partial charge in [0.05, 0.1) is 17.2 Å². The molecule has 0 aromatic heterocycles. The molecule has 43 heavy (non-hydrogen) atoms. The number of benzene rings is 1. The smallest absolute Gasteiger partial charge is 0.417 e. The van der Waals surface area contributed by atoms with Gasteiger partial charge in [-0.2, -0.15) is 13.2 Å². The van der Waals surface area contributed by atoms with Gasteiger partial charge in [-0.15, -0.1) is 0 Å². The first-order valence-corrected chi connectivity index (χ1v) is 14.4. The lowest BCUT2D eigenvalue weighted by atomic mass is 9.58. The van der Waals surface area contributed by atoms with Crippen molar-refractivity contribution in [2.24, 2.45) is 29.4 Å². The van der Waals surface area contributed by atoms with Gasteiger partial charge in [0.15, 0.2) is 11.4 Å². The molecule has 5 aliphatic rings. The van der Waals surface area contributed by atoms with Crippen LogP contribution in [0.3, 0.4) is 0 Å². The summed E-state index contributed by atoms with van der Waals surface area (Å²) in [5.41, 5.74) is -1.32. The van der Waals surface area contributed by atoms with E-state index >= 15 is 0 Å². The third kappa shape index (κ3) is 4.22. The van der Waals surface area contributed by atoms with E-state index in [2.05, 4.69) is 5.32 Å². The summed E-state index contributed by atoms with van der Waals surface area (Å²) in [6, 6.07) is -0.254. The number of aliphatic hydroxyl groups is 3. The number of halogens is 3. The monoisotopic (exact) mass is 605 g/mol. The second-order valence-corrected chi connectivity index (χ2v) is 12.9. The highest BCUT2D eigenvalue weighted by atomic mass is 19.4. The summed E-state index contributed by atoms with van der Waals surface area (Å²) < 4.78 is 44.1. The van der Waals surface area contributed by atoms with Crippen LogP contribution in [-0.2, 0) is 28.7 Å². The minimum atomic E-state index is -4.88. The van der Waals surface area contributed by atoms with Gasteiger partial charge < -0.3 is 31.5 Å². The highest BCUT2D eigenvalue weighted by molar-refractivity contribution is 6.24. The number of primary amides is 1. The van der Waals surface area contributed by atoms with Crippen molar-refractivity contribution >= 4 is 17.5 Å². The maximum absolute atomic E-state index is 14.7. The quantitative estimate of drug-likeness (QED) is 0.276. The van der Waals surface area contributed by atoms with E-state index in [1.165, 1.54) is 19.0 Å². The number of aromatic hydroxyl groups is 1. The molecule has 7 N–H and O–H groups in total. The molecule has 13 heteroatoms. The number of phenolic OH excluding ortho intramolecular Hbond substituents is 1. The molecule has 1 amide bonds. The number of nitrogens with zero attached hydrogens (tertiary/aromatic N) is 1. The number of phenols is 1. The number of fused-ring (bicyclic) bond motifs is 5. The van der Waals surface area contributed by atoms with Gasteiger partial charge in [0.1, 0.15) is 22.8 Å². The molecular weight excluding hydrogens is 571 g/mol. The van der Waals surface area contributed by atoms with Crippen LogP contribution in [0.1, 0.15) is 59.2 Å². The van der Waals surface area contributed by atoms with Crippen LogP contribution in [0.2, 0.25) is 0 Å². The highest BCUT2D eigenvalue weighted by Gasteiger charge is 2.63. The van der Waals surface area contributed by atoms with Crippen molar-refractivity contribution in [2.45, 2.75) is 68.9 Å². The Morgan fingerprint density at radius 3 is 2.40 bits per heavy atom. The number of carbonyl (C=O) groups excluding carboxylic acids is 3. The summed E-state index contributed by atoms with van der Waals surface area (Å²) in [5.74, 6) is -7.97. The number of hydrogen-bond acceptors (Lipinski definition) is 9. The van der Waals surface area contributed by atoms with Crippen molar-refractivity contribution in [2.75, 3.05) is 14.1 Å². The molecule has 6 rings (SSSR count). The van der Waals surface area contributed by atoms with E-state index in [0.29, 0.717) is 11.8 Å². The fourth-order valence-electron chi connectivity index (χ4n) is 8.62. The Kier molecular flexibility index (Phi) is 6.75. The Balaban J connectivity index is 1.46. The first-order chi connectivity index (χ1) is 20.1. The maximum Gasteiger partial charge on any atom is 0.417 e. The molecule has 2 saturated carbocycles. The summed E-state index contributed by atoms with van der Waals surface area (Å²) in [5, 5.41) is 48.0. The fraction of sp³-hybridized carbons (Fsp3) is 0.567. The van der Waals surface area contributed by atoms with Gasteiger partial charge in [0.25, 0.3) is 5.91 Å². The molecule has 2 unspecified atom stereocenters. The van der Waals surface area contributed by atoms with Crippen LogP contribution in [0.25, 0.3) is 0 Å². The number of rotatable bonds is 5. The van der Waals surface area contributed by atoms with Gasteiger partial charge in [-0.05, 0) is 81.1 Å². The molecule has 1 aromatic rings. The van der Waals surface area contributed by atoms with Gasteiger partial charge in [-0.1, -0.05) is 6.42 Å². The summed E-state index contributed by atoms with van der Waals surface area (Å²) >= 11 is 0. The normalized spacial score (nSPS) is 33.7. The molecule has 1 aromatic carbocycles. The molecular formula is C30H34F3N3O7. The molecule has 5 aliphatic carbocycles. The third-order valence-corrected chi connectivity index (χ3v) is 10.4. The van der Waals surface area contributed by atoms with Crippen molar-refractivity contribution in [3.8, 4) is 5.75 Å². The number of Topliss-reactive ketones (excluding diaryl/α,β-unsaturated/α-hetero) is 2. The summed E-state index contributed by atoms with van der Waals surface area (Å²) in [7, 11) is 2.95. The number of allylic oxidation sites excluding steroid dienone is 1. The Labute approximate surface area is 245 Å². The number of nitrogens with one attached hydrogen (secondary N) is 1. The van der Waals surface area contributed by atoms with Gasteiger partial charge in [-0.25, -0.2) is 0 Å². The molecule has 0 saturated heterocycles. The SMILES string of the molecule is CN(C)[C@@H]1C(O)=C(C(N)=O)C(=O)[C@@]2(O)C(O)=C3C(=O)c4c(O)cc(CN[C@H]5CC6CCC5C6)c(C(F)(F)F)c4C[C@H]3C[C@@H]12. The molecule has 0 heterocycles. The van der Waals surface area contributed by atoms with Gasteiger partial charge >= 0.3 is 6.18 Å². The number of carbonyl (C=O) groups is 3. The Morgan fingerprint density at radius 1 is 1.14 bits per heavy atom. The predicted octanol–water partition coefficient (Wildman–Crippen LogP) is 2.42. The topological polar surface area (TPSA) is 173 Å². The fourth-order valence-corrected chi connectivity index (χ4v) is 8.62. The van der Waals surface area contributed by atoms with E-state index in [9.17, 15) is 48.0 Å². The number of amides is 1. The Hall–Kier alpha value is -3.42. The zero-order valence-corrected chi connectivity index (χ0v) is 23.7. The van der Waals surface area contributed by atoms with Crippen LogP contribution >= 0.6 is 0 Å². The summed E-state index contributed by atoms with van der Waals surface area (Å²) in [4.78, 5) is 40.6. The summed E-state index contributed by atoms with van der Waals surface area (Å²) in [6.07, 6.45) is -1.54. The number of nitrogens with two attached hydrogens (primary N) is 1. The molecule has 0 radical (unpaired) electrons. The molecule has 2 bridgehead atoms. The molecule has 10 nitrogen and oxygen atoms in total. The molecule has 0 aliphatic heterocycles. The van der Waals surface area contributed by atoms with Crippen molar-refractivity contribution in [3.05, 3.63) is 51.0 Å². The molecule has 7 atom stereocenters. The van der Waals surface area contributed by atoms with Crippen molar-refractivity contribution in [1.82, 2.24) is 10.2 Å². The number of likely N-dealkylation sites (N-methyl/N-ethyl adjacent to an activating group) is 1. The van der Waals surface area contributed by atoms with Crippen molar-refractivity contribution < 1.29 is 48.0 Å². The van der Waals surface area contributed by atoms with E-state index < -0.39 is 98.7 Å². The largest absolute Gasteiger partial charge is 0.510 e. The van der Waals surface area contributed by atoms with Gasteiger partial charge in [-0.3, -0.25) is 19.3 Å². The number of ketones is 2. The second-order valence-electron chi connectivity index (χ2n) is 12.9. The van der Waals surface area contributed by atoms with E-state index in [1.54, 1.807) is 0 Å². The lowest BCUT2D eigenvalue weighted by molar-refractivity contribution is -0.148. The Bertz CT molecular complexity index is 1520. The lowest BCUT2D eigenvalue weighted by Gasteiger charge is -2.50. The molecule has 2 fully saturated rings. The first-order valence-electron chi connectivity index (χ1n) is 14.4. The van der Waals surface area contributed by atoms with E-state index in [-0.39, 0.29) is 24.6 Å².